The van der Waals surface area contributed by atoms with Gasteiger partial charge in [0.25, 0.3) is 5.91 Å². The van der Waals surface area contributed by atoms with Crippen LogP contribution in [-0.2, 0) is 25.3 Å². The number of piperazine rings is 1. The lowest BCUT2D eigenvalue weighted by atomic mass is 10.0. The normalized spacial score (nSPS) is 26.0. The first-order valence-electron chi connectivity index (χ1n) is 9.98. The molecule has 1 aromatic rings. The van der Waals surface area contributed by atoms with Crippen LogP contribution in [0.5, 0.6) is 0 Å². The van der Waals surface area contributed by atoms with Gasteiger partial charge in [0.2, 0.25) is 11.6 Å². The van der Waals surface area contributed by atoms with Crippen LogP contribution >= 0.6 is 0 Å². The second-order valence-corrected chi connectivity index (χ2v) is 14.2. The molecule has 2 fully saturated rings. The number of benzene rings is 1. The van der Waals surface area contributed by atoms with Crippen molar-refractivity contribution in [2.45, 2.75) is 70.1 Å². The molecule has 2 atom stereocenters. The molecule has 2 aliphatic rings. The standard InChI is InChI=1S/C21H32N2O4Si/c1-20(2,3)28(4,5)26-15-17-11-12-21(27-17)19(25)23(14-18(24)22-21)13-16-9-7-6-8-10-16/h6-10,17H,11-15H2,1-5H3,(H,22,24)/t17-,21-/m0/s1. The molecule has 7 heteroatoms. The highest BCUT2D eigenvalue weighted by Crippen LogP contribution is 2.38. The SMILES string of the molecule is CC(C)(C)[Si](C)(C)OC[C@@H]1CC[C@]2(NC(=O)CN(Cc3ccccc3)C2=O)O1. The molecule has 0 aliphatic carbocycles. The zero-order valence-corrected chi connectivity index (χ0v) is 18.6. The van der Waals surface area contributed by atoms with Crippen molar-refractivity contribution >= 4 is 20.1 Å². The molecular formula is C21H32N2O4Si. The van der Waals surface area contributed by atoms with E-state index in [4.69, 9.17) is 9.16 Å². The second kappa shape index (κ2) is 7.61. The van der Waals surface area contributed by atoms with E-state index in [1.165, 1.54) is 0 Å². The summed E-state index contributed by atoms with van der Waals surface area (Å²) in [6.07, 6.45) is 0.990. The van der Waals surface area contributed by atoms with Crippen LogP contribution in [0.3, 0.4) is 0 Å². The molecule has 0 aromatic heterocycles. The third-order valence-corrected chi connectivity index (χ3v) is 10.6. The number of nitrogens with one attached hydrogen (secondary N) is 1. The van der Waals surface area contributed by atoms with Crippen molar-refractivity contribution < 1.29 is 18.8 Å². The van der Waals surface area contributed by atoms with Crippen molar-refractivity contribution in [3.8, 4) is 0 Å². The minimum absolute atomic E-state index is 0.0595. The van der Waals surface area contributed by atoms with Gasteiger partial charge in [-0.3, -0.25) is 9.59 Å². The molecule has 0 saturated carbocycles. The predicted molar refractivity (Wildman–Crippen MR) is 110 cm³/mol. The Kier molecular flexibility index (Phi) is 5.71. The average molecular weight is 405 g/mol. The van der Waals surface area contributed by atoms with Crippen LogP contribution in [0.15, 0.2) is 30.3 Å². The van der Waals surface area contributed by atoms with Crippen LogP contribution in [-0.4, -0.2) is 50.0 Å². The van der Waals surface area contributed by atoms with Crippen LogP contribution in [0.4, 0.5) is 0 Å². The van der Waals surface area contributed by atoms with E-state index in [2.05, 4.69) is 39.2 Å². The summed E-state index contributed by atoms with van der Waals surface area (Å²) in [6.45, 7) is 11.9. The molecule has 28 heavy (non-hydrogen) atoms. The zero-order valence-electron chi connectivity index (χ0n) is 17.6. The molecular weight excluding hydrogens is 372 g/mol. The largest absolute Gasteiger partial charge is 0.414 e. The Morgan fingerprint density at radius 1 is 1.25 bits per heavy atom. The van der Waals surface area contributed by atoms with Crippen molar-refractivity contribution in [3.05, 3.63) is 35.9 Å². The Bertz CT molecular complexity index is 732. The monoisotopic (exact) mass is 404 g/mol. The lowest BCUT2D eigenvalue weighted by molar-refractivity contribution is -0.175. The highest BCUT2D eigenvalue weighted by molar-refractivity contribution is 6.74. The first kappa shape index (κ1) is 21.0. The maximum absolute atomic E-state index is 13.2. The van der Waals surface area contributed by atoms with Crippen LogP contribution in [0, 0.1) is 0 Å². The van der Waals surface area contributed by atoms with Crippen molar-refractivity contribution in [3.63, 3.8) is 0 Å². The number of hydrogen-bond acceptors (Lipinski definition) is 4. The van der Waals surface area contributed by atoms with Gasteiger partial charge in [0.05, 0.1) is 12.7 Å². The van der Waals surface area contributed by atoms with Gasteiger partial charge in [-0.1, -0.05) is 51.1 Å². The minimum Gasteiger partial charge on any atom is -0.414 e. The molecule has 0 bridgehead atoms. The first-order chi connectivity index (χ1) is 13.0. The van der Waals surface area contributed by atoms with E-state index < -0.39 is 14.0 Å². The van der Waals surface area contributed by atoms with Gasteiger partial charge in [-0.15, -0.1) is 0 Å². The van der Waals surface area contributed by atoms with Crippen LogP contribution in [0.25, 0.3) is 0 Å². The van der Waals surface area contributed by atoms with E-state index in [9.17, 15) is 9.59 Å². The van der Waals surface area contributed by atoms with Crippen molar-refractivity contribution in [1.82, 2.24) is 10.2 Å². The lowest BCUT2D eigenvalue weighted by Crippen LogP contribution is -2.66. The molecule has 2 saturated heterocycles. The summed E-state index contributed by atoms with van der Waals surface area (Å²) >= 11 is 0. The second-order valence-electron chi connectivity index (χ2n) is 9.37. The van der Waals surface area contributed by atoms with E-state index in [0.29, 0.717) is 26.0 Å². The van der Waals surface area contributed by atoms with Crippen LogP contribution < -0.4 is 5.32 Å². The van der Waals surface area contributed by atoms with Gasteiger partial charge in [-0.2, -0.15) is 0 Å². The summed E-state index contributed by atoms with van der Waals surface area (Å²) in [7, 11) is -1.89. The van der Waals surface area contributed by atoms with Gasteiger partial charge >= 0.3 is 0 Å². The molecule has 0 radical (unpaired) electrons. The lowest BCUT2D eigenvalue weighted by Gasteiger charge is -2.40. The zero-order chi connectivity index (χ0) is 20.6. The summed E-state index contributed by atoms with van der Waals surface area (Å²) in [4.78, 5) is 27.1. The van der Waals surface area contributed by atoms with Gasteiger partial charge in [-0.25, -0.2) is 0 Å². The molecule has 2 aliphatic heterocycles. The Balaban J connectivity index is 1.66. The highest BCUT2D eigenvalue weighted by atomic mass is 28.4. The number of rotatable bonds is 5. The van der Waals surface area contributed by atoms with Crippen molar-refractivity contribution in [2.24, 2.45) is 0 Å². The Morgan fingerprint density at radius 2 is 1.93 bits per heavy atom. The molecule has 2 heterocycles. The minimum atomic E-state index is -1.89. The maximum Gasteiger partial charge on any atom is 0.276 e. The van der Waals surface area contributed by atoms with Gasteiger partial charge in [0.1, 0.15) is 6.54 Å². The van der Waals surface area contributed by atoms with Crippen LogP contribution in [0.1, 0.15) is 39.2 Å². The number of carbonyl (C=O) groups is 2. The molecule has 6 nitrogen and oxygen atoms in total. The Morgan fingerprint density at radius 3 is 2.57 bits per heavy atom. The molecule has 3 rings (SSSR count). The Labute approximate surface area is 168 Å². The molecule has 2 amide bonds. The summed E-state index contributed by atoms with van der Waals surface area (Å²) in [5.74, 6) is -0.340. The van der Waals surface area contributed by atoms with E-state index in [-0.39, 0.29) is 29.5 Å². The summed E-state index contributed by atoms with van der Waals surface area (Å²) in [5.41, 5.74) is -0.248. The fourth-order valence-electron chi connectivity index (χ4n) is 3.40. The fraction of sp³-hybridized carbons (Fsp3) is 0.619. The first-order valence-corrected chi connectivity index (χ1v) is 12.9. The summed E-state index contributed by atoms with van der Waals surface area (Å²) in [6, 6.07) is 9.71. The van der Waals surface area contributed by atoms with Crippen molar-refractivity contribution in [1.29, 1.82) is 0 Å². The van der Waals surface area contributed by atoms with E-state index in [0.717, 1.165) is 5.56 Å². The molecule has 1 spiro atoms. The fourth-order valence-corrected chi connectivity index (χ4v) is 4.44. The van der Waals surface area contributed by atoms with Gasteiger partial charge in [0, 0.05) is 13.0 Å². The molecule has 154 valence electrons. The van der Waals surface area contributed by atoms with Crippen LogP contribution in [0.2, 0.25) is 18.1 Å². The number of hydrogen-bond donors (Lipinski definition) is 1. The smallest absolute Gasteiger partial charge is 0.276 e. The van der Waals surface area contributed by atoms with E-state index in [1.807, 2.05) is 30.3 Å². The van der Waals surface area contributed by atoms with E-state index in [1.54, 1.807) is 4.90 Å². The van der Waals surface area contributed by atoms with Gasteiger partial charge in [0.15, 0.2) is 8.32 Å². The third kappa shape index (κ3) is 4.31. The van der Waals surface area contributed by atoms with Gasteiger partial charge in [-0.05, 0) is 30.1 Å². The third-order valence-electron chi connectivity index (χ3n) is 6.15. The number of ether oxygens (including phenoxy) is 1. The van der Waals surface area contributed by atoms with Crippen molar-refractivity contribution in [2.75, 3.05) is 13.2 Å². The number of nitrogens with zero attached hydrogens (tertiary/aromatic N) is 1. The predicted octanol–water partition coefficient (Wildman–Crippen LogP) is 3.04. The number of carbonyl (C=O) groups excluding carboxylic acids is 2. The Hall–Kier alpha value is -1.70. The summed E-state index contributed by atoms with van der Waals surface area (Å²) < 4.78 is 12.4. The highest BCUT2D eigenvalue weighted by Gasteiger charge is 2.53. The average Bonchev–Trinajstić information content (AvgIpc) is 3.01. The molecule has 0 unspecified atom stereocenters. The van der Waals surface area contributed by atoms with E-state index >= 15 is 0 Å². The maximum atomic E-state index is 13.2. The molecule has 1 aromatic carbocycles. The topological polar surface area (TPSA) is 67.9 Å². The quantitative estimate of drug-likeness (QED) is 0.766. The molecule has 1 N–H and O–H groups in total. The van der Waals surface area contributed by atoms with Gasteiger partial charge < -0.3 is 19.4 Å². The summed E-state index contributed by atoms with van der Waals surface area (Å²) in [5, 5.41) is 2.93. The number of amides is 2.